The normalized spacial score (nSPS) is 11.0. The lowest BCUT2D eigenvalue weighted by molar-refractivity contribution is 0.415. The zero-order valence-electron chi connectivity index (χ0n) is 11.5. The number of nitrogens with zero attached hydrogens (tertiary/aromatic N) is 1. The average molecular weight is 320 g/mol. The number of methoxy groups -OCH3 is 1. The number of pyridine rings is 1. The van der Waals surface area contributed by atoms with E-state index in [1.807, 2.05) is 30.3 Å². The minimum atomic E-state index is 0.544. The molecule has 1 aromatic carbocycles. The van der Waals surface area contributed by atoms with Gasteiger partial charge in [-0.2, -0.15) is 0 Å². The minimum Gasteiger partial charge on any atom is -0.497 e. The predicted molar refractivity (Wildman–Crippen MR) is 87.0 cm³/mol. The first-order valence-electron chi connectivity index (χ1n) is 6.49. The van der Waals surface area contributed by atoms with Crippen LogP contribution in [0.3, 0.4) is 0 Å². The van der Waals surface area contributed by atoms with Gasteiger partial charge in [-0.1, -0.05) is 11.6 Å². The van der Waals surface area contributed by atoms with Gasteiger partial charge in [-0.25, -0.2) is 4.98 Å². The average Bonchev–Trinajstić information content (AvgIpc) is 3.00. The lowest BCUT2D eigenvalue weighted by Gasteiger charge is -2.07. The number of aromatic nitrogens is 1. The Morgan fingerprint density at radius 1 is 1.24 bits per heavy atom. The molecule has 2 heterocycles. The summed E-state index contributed by atoms with van der Waals surface area (Å²) in [5.41, 5.74) is 1.88. The third-order valence-electron chi connectivity index (χ3n) is 3.13. The van der Waals surface area contributed by atoms with E-state index in [2.05, 4.69) is 11.1 Å². The summed E-state index contributed by atoms with van der Waals surface area (Å²) in [5, 5.41) is 1.61. The van der Waals surface area contributed by atoms with E-state index in [0.29, 0.717) is 5.15 Å². The van der Waals surface area contributed by atoms with Crippen LogP contribution >= 0.6 is 23.4 Å². The van der Waals surface area contributed by atoms with Crippen LogP contribution in [0.15, 0.2) is 47.1 Å². The number of thioether (sulfide) groups is 1. The van der Waals surface area contributed by atoms with E-state index < -0.39 is 0 Å². The van der Waals surface area contributed by atoms with E-state index >= 15 is 0 Å². The molecule has 0 fully saturated rings. The first kappa shape index (κ1) is 14.3. The minimum absolute atomic E-state index is 0.544. The van der Waals surface area contributed by atoms with Gasteiger partial charge in [-0.15, -0.1) is 11.8 Å². The molecule has 0 aliphatic heterocycles. The fourth-order valence-electron chi connectivity index (χ4n) is 2.05. The molecule has 0 unspecified atom stereocenters. The van der Waals surface area contributed by atoms with Gasteiger partial charge in [0.1, 0.15) is 16.7 Å². The van der Waals surface area contributed by atoms with Crippen molar-refractivity contribution in [1.29, 1.82) is 0 Å². The molecule has 0 aliphatic carbocycles. The SMILES string of the molecule is COc1ccc2cc(CSCc3ccco3)c(Cl)nc2c1. The molecule has 2 aromatic heterocycles. The summed E-state index contributed by atoms with van der Waals surface area (Å²) in [4.78, 5) is 4.45. The Bertz CT molecular complexity index is 743. The highest BCUT2D eigenvalue weighted by Crippen LogP contribution is 2.27. The third-order valence-corrected chi connectivity index (χ3v) is 4.46. The van der Waals surface area contributed by atoms with Crippen molar-refractivity contribution >= 4 is 34.3 Å². The van der Waals surface area contributed by atoms with Gasteiger partial charge in [-0.05, 0) is 30.3 Å². The molecule has 3 nitrogen and oxygen atoms in total. The van der Waals surface area contributed by atoms with Crippen LogP contribution in [0.1, 0.15) is 11.3 Å². The summed E-state index contributed by atoms with van der Waals surface area (Å²) in [6.45, 7) is 0. The first-order valence-corrected chi connectivity index (χ1v) is 8.03. The first-order chi connectivity index (χ1) is 10.3. The van der Waals surface area contributed by atoms with Gasteiger partial charge in [0.25, 0.3) is 0 Å². The van der Waals surface area contributed by atoms with E-state index in [9.17, 15) is 0 Å². The second-order valence-electron chi connectivity index (χ2n) is 4.57. The Kier molecular flexibility index (Phi) is 4.36. The quantitative estimate of drug-likeness (QED) is 0.625. The largest absolute Gasteiger partial charge is 0.497 e. The number of furan rings is 1. The van der Waals surface area contributed by atoms with E-state index in [4.69, 9.17) is 20.8 Å². The second-order valence-corrected chi connectivity index (χ2v) is 5.91. The molecule has 21 heavy (non-hydrogen) atoms. The van der Waals surface area contributed by atoms with Gasteiger partial charge in [-0.3, -0.25) is 0 Å². The molecule has 0 saturated heterocycles. The fraction of sp³-hybridized carbons (Fsp3) is 0.188. The van der Waals surface area contributed by atoms with Crippen LogP contribution in [0.25, 0.3) is 10.9 Å². The van der Waals surface area contributed by atoms with Crippen LogP contribution < -0.4 is 4.74 Å². The summed E-state index contributed by atoms with van der Waals surface area (Å²) >= 11 is 8.02. The number of hydrogen-bond acceptors (Lipinski definition) is 4. The summed E-state index contributed by atoms with van der Waals surface area (Å²) in [5.74, 6) is 3.37. The number of rotatable bonds is 5. The van der Waals surface area contributed by atoms with Crippen molar-refractivity contribution in [1.82, 2.24) is 4.98 Å². The van der Waals surface area contributed by atoms with Crippen LogP contribution in [0.5, 0.6) is 5.75 Å². The summed E-state index contributed by atoms with van der Waals surface area (Å²) in [6, 6.07) is 11.8. The van der Waals surface area contributed by atoms with Gasteiger partial charge < -0.3 is 9.15 Å². The smallest absolute Gasteiger partial charge is 0.133 e. The van der Waals surface area contributed by atoms with E-state index in [1.54, 1.807) is 25.1 Å². The molecular formula is C16H14ClNO2S. The predicted octanol–water partition coefficient (Wildman–Crippen LogP) is 4.92. The van der Waals surface area contributed by atoms with Crippen LogP contribution in [-0.4, -0.2) is 12.1 Å². The molecule has 0 amide bonds. The summed E-state index contributed by atoms with van der Waals surface area (Å²) < 4.78 is 10.5. The molecule has 0 radical (unpaired) electrons. The maximum Gasteiger partial charge on any atom is 0.133 e. The Labute approximate surface area is 132 Å². The Morgan fingerprint density at radius 3 is 2.90 bits per heavy atom. The van der Waals surface area contributed by atoms with Crippen LogP contribution in [-0.2, 0) is 11.5 Å². The van der Waals surface area contributed by atoms with Crippen molar-refractivity contribution in [2.24, 2.45) is 0 Å². The van der Waals surface area contributed by atoms with Gasteiger partial charge in [0, 0.05) is 22.8 Å². The molecule has 0 bridgehead atoms. The Balaban J connectivity index is 1.77. The summed E-state index contributed by atoms with van der Waals surface area (Å²) in [7, 11) is 1.64. The number of ether oxygens (including phenoxy) is 1. The van der Waals surface area contributed by atoms with E-state index in [1.165, 1.54) is 0 Å². The molecule has 0 saturated carbocycles. The zero-order valence-corrected chi connectivity index (χ0v) is 13.1. The van der Waals surface area contributed by atoms with E-state index in [-0.39, 0.29) is 0 Å². The monoisotopic (exact) mass is 319 g/mol. The Hall–Kier alpha value is -1.65. The van der Waals surface area contributed by atoms with Crippen molar-refractivity contribution in [2.75, 3.05) is 7.11 Å². The molecule has 5 heteroatoms. The number of halogens is 1. The molecule has 0 aliphatic rings. The van der Waals surface area contributed by atoms with Crippen molar-refractivity contribution in [3.8, 4) is 5.75 Å². The highest BCUT2D eigenvalue weighted by atomic mass is 35.5. The second kappa shape index (κ2) is 6.41. The molecule has 0 spiro atoms. The highest BCUT2D eigenvalue weighted by molar-refractivity contribution is 7.97. The van der Waals surface area contributed by atoms with Crippen molar-refractivity contribution in [2.45, 2.75) is 11.5 Å². The third kappa shape index (κ3) is 3.34. The lowest BCUT2D eigenvalue weighted by Crippen LogP contribution is -1.90. The maximum atomic E-state index is 6.27. The molecule has 0 atom stereocenters. The van der Waals surface area contributed by atoms with Crippen LogP contribution in [0.2, 0.25) is 5.15 Å². The fourth-order valence-corrected chi connectivity index (χ4v) is 3.25. The number of hydrogen-bond donors (Lipinski definition) is 0. The molecular weight excluding hydrogens is 306 g/mol. The van der Waals surface area contributed by atoms with E-state index in [0.717, 1.165) is 39.5 Å². The zero-order chi connectivity index (χ0) is 14.7. The lowest BCUT2D eigenvalue weighted by atomic mass is 10.1. The van der Waals surface area contributed by atoms with Gasteiger partial charge in [0.2, 0.25) is 0 Å². The van der Waals surface area contributed by atoms with Crippen molar-refractivity contribution in [3.05, 3.63) is 59.1 Å². The number of benzene rings is 1. The maximum absolute atomic E-state index is 6.27. The highest BCUT2D eigenvalue weighted by Gasteiger charge is 2.07. The van der Waals surface area contributed by atoms with Gasteiger partial charge in [0.05, 0.1) is 24.6 Å². The molecule has 0 N–H and O–H groups in total. The van der Waals surface area contributed by atoms with Gasteiger partial charge >= 0.3 is 0 Å². The standard InChI is InChI=1S/C16H14ClNO2S/c1-19-13-5-4-11-7-12(16(17)18-15(11)8-13)9-21-10-14-3-2-6-20-14/h2-8H,9-10H2,1H3. The van der Waals surface area contributed by atoms with Crippen LogP contribution in [0.4, 0.5) is 0 Å². The summed E-state index contributed by atoms with van der Waals surface area (Å²) in [6.07, 6.45) is 1.69. The van der Waals surface area contributed by atoms with Crippen molar-refractivity contribution in [3.63, 3.8) is 0 Å². The molecule has 108 valence electrons. The molecule has 3 rings (SSSR count). The molecule has 3 aromatic rings. The Morgan fingerprint density at radius 2 is 2.14 bits per heavy atom. The number of fused-ring (bicyclic) bond motifs is 1. The topological polar surface area (TPSA) is 35.3 Å². The van der Waals surface area contributed by atoms with Gasteiger partial charge in [0.15, 0.2) is 0 Å². The van der Waals surface area contributed by atoms with Crippen molar-refractivity contribution < 1.29 is 9.15 Å². The van der Waals surface area contributed by atoms with Crippen LogP contribution in [0, 0.1) is 0 Å².